The van der Waals surface area contributed by atoms with Gasteiger partial charge in [-0.3, -0.25) is 4.79 Å². The van der Waals surface area contributed by atoms with E-state index in [2.05, 4.69) is 5.32 Å². The van der Waals surface area contributed by atoms with E-state index in [-0.39, 0.29) is 23.3 Å². The molecule has 1 amide bonds. The quantitative estimate of drug-likeness (QED) is 0.747. The zero-order chi connectivity index (χ0) is 13.1. The first kappa shape index (κ1) is 12.9. The molecule has 1 aromatic carbocycles. The lowest BCUT2D eigenvalue weighted by atomic mass is 9.92. The van der Waals surface area contributed by atoms with Gasteiger partial charge in [-0.15, -0.1) is 0 Å². The molecular formula is C14H19NO3. The molecule has 0 bridgehead atoms. The third kappa shape index (κ3) is 2.82. The van der Waals surface area contributed by atoms with E-state index in [0.29, 0.717) is 0 Å². The number of nitrogens with one attached hydrogen (secondary N) is 1. The number of phenolic OH excluding ortho intramolecular Hbond substituents is 1. The topological polar surface area (TPSA) is 69.6 Å². The highest BCUT2D eigenvalue weighted by Crippen LogP contribution is 2.21. The molecule has 18 heavy (non-hydrogen) atoms. The van der Waals surface area contributed by atoms with Crippen LogP contribution in [0.3, 0.4) is 0 Å². The molecule has 2 atom stereocenters. The number of amides is 1. The molecule has 0 spiro atoms. The number of rotatable bonds is 2. The molecule has 4 nitrogen and oxygen atoms in total. The summed E-state index contributed by atoms with van der Waals surface area (Å²) in [6.07, 6.45) is 3.06. The van der Waals surface area contributed by atoms with Gasteiger partial charge >= 0.3 is 0 Å². The van der Waals surface area contributed by atoms with Crippen LogP contribution in [-0.2, 0) is 0 Å². The molecule has 0 unspecified atom stereocenters. The van der Waals surface area contributed by atoms with Crippen LogP contribution in [0.5, 0.6) is 5.75 Å². The van der Waals surface area contributed by atoms with Crippen molar-refractivity contribution in [1.29, 1.82) is 0 Å². The van der Waals surface area contributed by atoms with E-state index in [4.69, 9.17) is 0 Å². The second-order valence-electron chi connectivity index (χ2n) is 4.95. The first-order chi connectivity index (χ1) is 8.58. The average Bonchev–Trinajstić information content (AvgIpc) is 2.35. The summed E-state index contributed by atoms with van der Waals surface area (Å²) in [4.78, 5) is 12.0. The second-order valence-corrected chi connectivity index (χ2v) is 4.95. The standard InChI is InChI=1S/C14H19NO3/c1-9-6-7-12(16)10(8-9)14(18)15-11-4-2-3-5-13(11)17/h6-8,11,13,16-17H,2-5H2,1H3,(H,15,18)/t11-,13-/m1/s1. The Balaban J connectivity index is 2.09. The van der Waals surface area contributed by atoms with Crippen molar-refractivity contribution >= 4 is 5.91 Å². The fourth-order valence-corrected chi connectivity index (χ4v) is 2.36. The lowest BCUT2D eigenvalue weighted by Crippen LogP contribution is -2.45. The lowest BCUT2D eigenvalue weighted by Gasteiger charge is -2.28. The van der Waals surface area contributed by atoms with E-state index in [1.54, 1.807) is 12.1 Å². The van der Waals surface area contributed by atoms with E-state index in [9.17, 15) is 15.0 Å². The van der Waals surface area contributed by atoms with Crippen molar-refractivity contribution in [2.24, 2.45) is 0 Å². The fourth-order valence-electron chi connectivity index (χ4n) is 2.36. The number of aromatic hydroxyl groups is 1. The van der Waals surface area contributed by atoms with E-state index in [1.165, 1.54) is 6.07 Å². The molecule has 1 fully saturated rings. The normalized spacial score (nSPS) is 23.7. The molecular weight excluding hydrogens is 230 g/mol. The predicted molar refractivity (Wildman–Crippen MR) is 68.6 cm³/mol. The zero-order valence-corrected chi connectivity index (χ0v) is 10.5. The van der Waals surface area contributed by atoms with Crippen molar-refractivity contribution in [1.82, 2.24) is 5.32 Å². The van der Waals surface area contributed by atoms with Crippen molar-refractivity contribution in [3.8, 4) is 5.75 Å². The maximum atomic E-state index is 12.0. The maximum absolute atomic E-state index is 12.0. The SMILES string of the molecule is Cc1ccc(O)c(C(=O)N[C@@H]2CCCC[C@H]2O)c1. The van der Waals surface area contributed by atoms with Crippen molar-refractivity contribution in [3.63, 3.8) is 0 Å². The van der Waals surface area contributed by atoms with Crippen LogP contribution in [0.15, 0.2) is 18.2 Å². The first-order valence-electron chi connectivity index (χ1n) is 6.36. The van der Waals surface area contributed by atoms with Gasteiger partial charge in [-0.1, -0.05) is 24.5 Å². The molecule has 1 aliphatic carbocycles. The highest BCUT2D eigenvalue weighted by atomic mass is 16.3. The summed E-state index contributed by atoms with van der Waals surface area (Å²) in [5.74, 6) is -0.342. The second kappa shape index (κ2) is 5.40. The van der Waals surface area contributed by atoms with E-state index < -0.39 is 6.10 Å². The highest BCUT2D eigenvalue weighted by Gasteiger charge is 2.25. The van der Waals surface area contributed by atoms with Crippen LogP contribution >= 0.6 is 0 Å². The van der Waals surface area contributed by atoms with E-state index in [1.807, 2.05) is 6.92 Å². The van der Waals surface area contributed by atoms with Gasteiger partial charge in [-0.25, -0.2) is 0 Å². The highest BCUT2D eigenvalue weighted by molar-refractivity contribution is 5.97. The summed E-state index contributed by atoms with van der Waals surface area (Å²) >= 11 is 0. The predicted octanol–water partition coefficient (Wildman–Crippen LogP) is 1.73. The van der Waals surface area contributed by atoms with Crippen LogP contribution in [-0.4, -0.2) is 28.3 Å². The van der Waals surface area contributed by atoms with E-state index >= 15 is 0 Å². The third-order valence-electron chi connectivity index (χ3n) is 3.44. The number of carbonyl (C=O) groups excluding carboxylic acids is 1. The minimum Gasteiger partial charge on any atom is -0.507 e. The Labute approximate surface area is 107 Å². The summed E-state index contributed by atoms with van der Waals surface area (Å²) in [5.41, 5.74) is 1.19. The van der Waals surface area contributed by atoms with Crippen LogP contribution in [0, 0.1) is 6.92 Å². The summed E-state index contributed by atoms with van der Waals surface area (Å²) in [6.45, 7) is 1.87. The molecule has 0 radical (unpaired) electrons. The Bertz CT molecular complexity index is 445. The molecule has 1 saturated carbocycles. The molecule has 98 valence electrons. The first-order valence-corrected chi connectivity index (χ1v) is 6.36. The largest absolute Gasteiger partial charge is 0.507 e. The Hall–Kier alpha value is -1.55. The number of hydrogen-bond donors (Lipinski definition) is 3. The van der Waals surface area contributed by atoms with Gasteiger partial charge in [0.1, 0.15) is 5.75 Å². The van der Waals surface area contributed by atoms with Crippen molar-refractivity contribution < 1.29 is 15.0 Å². The van der Waals surface area contributed by atoms with Gasteiger partial charge in [0.2, 0.25) is 0 Å². The fraction of sp³-hybridized carbons (Fsp3) is 0.500. The van der Waals surface area contributed by atoms with Crippen molar-refractivity contribution in [2.45, 2.75) is 44.8 Å². The molecule has 1 aromatic rings. The summed E-state index contributed by atoms with van der Waals surface area (Å²) in [5, 5.41) is 22.3. The van der Waals surface area contributed by atoms with Crippen LogP contribution < -0.4 is 5.32 Å². The smallest absolute Gasteiger partial charge is 0.255 e. The molecule has 0 saturated heterocycles. The van der Waals surface area contributed by atoms with Crippen LogP contribution in [0.2, 0.25) is 0 Å². The Morgan fingerprint density at radius 1 is 1.33 bits per heavy atom. The van der Waals surface area contributed by atoms with Gasteiger partial charge in [0.05, 0.1) is 17.7 Å². The summed E-state index contributed by atoms with van der Waals surface area (Å²) in [7, 11) is 0. The number of carbonyl (C=O) groups is 1. The van der Waals surface area contributed by atoms with Crippen LogP contribution in [0.25, 0.3) is 0 Å². The average molecular weight is 249 g/mol. The van der Waals surface area contributed by atoms with Gasteiger partial charge in [0.15, 0.2) is 0 Å². The molecule has 0 heterocycles. The van der Waals surface area contributed by atoms with Gasteiger partial charge in [-0.2, -0.15) is 0 Å². The number of aliphatic hydroxyl groups excluding tert-OH is 1. The summed E-state index contributed by atoms with van der Waals surface area (Å²) < 4.78 is 0. The third-order valence-corrected chi connectivity index (χ3v) is 3.44. The lowest BCUT2D eigenvalue weighted by molar-refractivity contribution is 0.0715. The van der Waals surface area contributed by atoms with E-state index in [0.717, 1.165) is 31.2 Å². The van der Waals surface area contributed by atoms with Gasteiger partial charge in [0.25, 0.3) is 5.91 Å². The Morgan fingerprint density at radius 3 is 2.78 bits per heavy atom. The number of aryl methyl sites for hydroxylation is 1. The minimum atomic E-state index is -0.477. The Kier molecular flexibility index (Phi) is 3.87. The number of hydrogen-bond acceptors (Lipinski definition) is 3. The van der Waals surface area contributed by atoms with Crippen LogP contribution in [0.4, 0.5) is 0 Å². The van der Waals surface area contributed by atoms with Crippen molar-refractivity contribution in [2.75, 3.05) is 0 Å². The number of phenols is 1. The maximum Gasteiger partial charge on any atom is 0.255 e. The molecule has 0 aliphatic heterocycles. The number of aliphatic hydroxyl groups is 1. The molecule has 4 heteroatoms. The molecule has 1 aliphatic rings. The van der Waals surface area contributed by atoms with Crippen LogP contribution in [0.1, 0.15) is 41.6 Å². The molecule has 3 N–H and O–H groups in total. The zero-order valence-electron chi connectivity index (χ0n) is 10.5. The molecule has 2 rings (SSSR count). The minimum absolute atomic E-state index is 0.0246. The van der Waals surface area contributed by atoms with Gasteiger partial charge in [-0.05, 0) is 31.9 Å². The van der Waals surface area contributed by atoms with Gasteiger partial charge in [0, 0.05) is 0 Å². The number of benzene rings is 1. The van der Waals surface area contributed by atoms with Gasteiger partial charge < -0.3 is 15.5 Å². The monoisotopic (exact) mass is 249 g/mol. The molecule has 0 aromatic heterocycles. The Morgan fingerprint density at radius 2 is 2.06 bits per heavy atom. The summed E-state index contributed by atoms with van der Waals surface area (Å²) in [6, 6.07) is 4.72. The van der Waals surface area contributed by atoms with Crippen molar-refractivity contribution in [3.05, 3.63) is 29.3 Å².